The number of piperazine rings is 1. The van der Waals surface area contributed by atoms with Gasteiger partial charge in [-0.3, -0.25) is 0 Å². The Bertz CT molecular complexity index is 411. The van der Waals surface area contributed by atoms with Gasteiger partial charge in [0, 0.05) is 44.3 Å². The monoisotopic (exact) mass is 273 g/mol. The van der Waals surface area contributed by atoms with Gasteiger partial charge in [-0.2, -0.15) is 0 Å². The Morgan fingerprint density at radius 2 is 1.85 bits per heavy atom. The fourth-order valence-electron chi connectivity index (χ4n) is 3.27. The molecule has 1 radical (unpaired) electrons. The Balaban J connectivity index is 1.71. The van der Waals surface area contributed by atoms with Crippen molar-refractivity contribution in [3.8, 4) is 0 Å². The second-order valence-corrected chi connectivity index (χ2v) is 5.73. The zero-order chi connectivity index (χ0) is 13.8. The van der Waals surface area contributed by atoms with Crippen molar-refractivity contribution in [1.29, 1.82) is 0 Å². The van der Waals surface area contributed by atoms with Crippen LogP contribution in [0.4, 0.5) is 5.69 Å². The largest absolute Gasteiger partial charge is 0.369 e. The number of rotatable bonds is 3. The van der Waals surface area contributed by atoms with Crippen LogP contribution in [0.25, 0.3) is 0 Å². The van der Waals surface area contributed by atoms with Gasteiger partial charge < -0.3 is 21.3 Å². The first-order valence-corrected chi connectivity index (χ1v) is 7.68. The summed E-state index contributed by atoms with van der Waals surface area (Å²) in [5.74, 6) is 1.02. The van der Waals surface area contributed by atoms with E-state index in [-0.39, 0.29) is 0 Å². The minimum Gasteiger partial charge on any atom is -0.369 e. The van der Waals surface area contributed by atoms with E-state index in [1.165, 1.54) is 11.3 Å². The van der Waals surface area contributed by atoms with E-state index in [1.54, 1.807) is 0 Å². The minimum atomic E-state index is 0.501. The first-order valence-electron chi connectivity index (χ1n) is 7.68. The Morgan fingerprint density at radius 1 is 1.10 bits per heavy atom. The zero-order valence-corrected chi connectivity index (χ0v) is 12.0. The van der Waals surface area contributed by atoms with Crippen LogP contribution in [0, 0.1) is 12.3 Å². The van der Waals surface area contributed by atoms with Crippen molar-refractivity contribution in [1.82, 2.24) is 10.6 Å². The molecule has 2 atom stereocenters. The van der Waals surface area contributed by atoms with Crippen LogP contribution >= 0.6 is 0 Å². The third-order valence-electron chi connectivity index (χ3n) is 4.52. The number of benzene rings is 1. The molecule has 0 aromatic heterocycles. The molecule has 2 aliphatic heterocycles. The molecule has 109 valence electrons. The average Bonchev–Trinajstić information content (AvgIpc) is 2.56. The Kier molecular flexibility index (Phi) is 4.55. The number of nitrogens with one attached hydrogen (secondary N) is 2. The maximum absolute atomic E-state index is 5.90. The van der Waals surface area contributed by atoms with Crippen LogP contribution < -0.4 is 21.3 Å². The molecule has 3 rings (SSSR count). The lowest BCUT2D eigenvalue weighted by molar-refractivity contribution is 0.404. The van der Waals surface area contributed by atoms with Crippen molar-refractivity contribution in [2.75, 3.05) is 50.7 Å². The smallest absolute Gasteiger partial charge is 0.0367 e. The first kappa shape index (κ1) is 13.9. The topological polar surface area (TPSA) is 53.3 Å². The molecule has 4 heteroatoms. The molecule has 0 saturated carbocycles. The molecular weight excluding hydrogens is 248 g/mol. The molecule has 4 N–H and O–H groups in total. The van der Waals surface area contributed by atoms with Gasteiger partial charge in [-0.05, 0) is 43.1 Å². The number of nitrogens with zero attached hydrogens (tertiary/aromatic N) is 1. The van der Waals surface area contributed by atoms with Crippen LogP contribution in [-0.2, 0) is 0 Å². The van der Waals surface area contributed by atoms with E-state index in [0.29, 0.717) is 11.8 Å². The van der Waals surface area contributed by atoms with Crippen LogP contribution in [0.2, 0.25) is 0 Å². The normalized spacial score (nSPS) is 27.6. The fraction of sp³-hybridized carbons (Fsp3) is 0.562. The molecule has 1 aromatic carbocycles. The highest BCUT2D eigenvalue weighted by atomic mass is 15.2. The van der Waals surface area contributed by atoms with Gasteiger partial charge >= 0.3 is 0 Å². The lowest BCUT2D eigenvalue weighted by atomic mass is 9.81. The van der Waals surface area contributed by atoms with Crippen molar-refractivity contribution >= 4 is 5.69 Å². The van der Waals surface area contributed by atoms with Crippen LogP contribution in [0.3, 0.4) is 0 Å². The molecule has 2 fully saturated rings. The van der Waals surface area contributed by atoms with Crippen LogP contribution in [0.1, 0.15) is 11.5 Å². The summed E-state index contributed by atoms with van der Waals surface area (Å²) in [6.07, 6.45) is 2.32. The SMILES string of the molecule is NCC1[CH]CNCC1c1ccc(N2CCNCC2)cc1. The van der Waals surface area contributed by atoms with Crippen molar-refractivity contribution in [2.45, 2.75) is 5.92 Å². The standard InChI is InChI=1S/C16H25N4/c17-11-14-5-6-19-12-16(14)13-1-3-15(4-2-13)20-9-7-18-8-10-20/h1-5,14,16,18-19H,6-12,17H2. The third kappa shape index (κ3) is 2.97. The van der Waals surface area contributed by atoms with Gasteiger partial charge in [0.1, 0.15) is 0 Å². The molecule has 2 heterocycles. The summed E-state index contributed by atoms with van der Waals surface area (Å²) in [7, 11) is 0. The highest BCUT2D eigenvalue weighted by molar-refractivity contribution is 5.48. The van der Waals surface area contributed by atoms with Crippen molar-refractivity contribution in [3.63, 3.8) is 0 Å². The molecule has 0 aliphatic carbocycles. The van der Waals surface area contributed by atoms with Gasteiger partial charge in [0.25, 0.3) is 0 Å². The lowest BCUT2D eigenvalue weighted by Gasteiger charge is -2.32. The number of piperidine rings is 1. The Hall–Kier alpha value is -1.10. The Morgan fingerprint density at radius 3 is 2.55 bits per heavy atom. The molecule has 0 bridgehead atoms. The summed E-state index contributed by atoms with van der Waals surface area (Å²) in [5.41, 5.74) is 8.65. The molecule has 20 heavy (non-hydrogen) atoms. The summed E-state index contributed by atoms with van der Waals surface area (Å²) in [4.78, 5) is 2.45. The van der Waals surface area contributed by atoms with E-state index in [0.717, 1.165) is 45.8 Å². The predicted octanol–water partition coefficient (Wildman–Crippen LogP) is 0.562. The summed E-state index contributed by atoms with van der Waals surface area (Å²) < 4.78 is 0. The van der Waals surface area contributed by atoms with Gasteiger partial charge in [-0.15, -0.1) is 0 Å². The van der Waals surface area contributed by atoms with Gasteiger partial charge in [-0.1, -0.05) is 12.1 Å². The first-order chi connectivity index (χ1) is 9.88. The van der Waals surface area contributed by atoms with Gasteiger partial charge in [0.15, 0.2) is 0 Å². The molecule has 2 saturated heterocycles. The molecular formula is C16H25N4. The van der Waals surface area contributed by atoms with Crippen LogP contribution in [0.15, 0.2) is 24.3 Å². The van der Waals surface area contributed by atoms with E-state index in [4.69, 9.17) is 5.73 Å². The van der Waals surface area contributed by atoms with Crippen molar-refractivity contribution in [3.05, 3.63) is 36.2 Å². The quantitative estimate of drug-likeness (QED) is 0.753. The van der Waals surface area contributed by atoms with Crippen LogP contribution in [-0.4, -0.2) is 45.8 Å². The van der Waals surface area contributed by atoms with Crippen LogP contribution in [0.5, 0.6) is 0 Å². The van der Waals surface area contributed by atoms with Gasteiger partial charge in [-0.25, -0.2) is 0 Å². The predicted molar refractivity (Wildman–Crippen MR) is 84.0 cm³/mol. The molecule has 0 spiro atoms. The number of nitrogens with two attached hydrogens (primary N) is 1. The lowest BCUT2D eigenvalue weighted by Crippen LogP contribution is -2.43. The maximum atomic E-state index is 5.90. The number of anilines is 1. The van der Waals surface area contributed by atoms with E-state index in [1.807, 2.05) is 0 Å². The molecule has 4 nitrogen and oxygen atoms in total. The van der Waals surface area contributed by atoms with E-state index in [9.17, 15) is 0 Å². The summed E-state index contributed by atoms with van der Waals surface area (Å²) in [6, 6.07) is 9.10. The summed E-state index contributed by atoms with van der Waals surface area (Å²) in [6.45, 7) is 7.12. The van der Waals surface area contributed by atoms with Gasteiger partial charge in [0.05, 0.1) is 0 Å². The fourth-order valence-corrected chi connectivity index (χ4v) is 3.27. The highest BCUT2D eigenvalue weighted by Gasteiger charge is 2.25. The maximum Gasteiger partial charge on any atom is 0.0367 e. The third-order valence-corrected chi connectivity index (χ3v) is 4.52. The summed E-state index contributed by atoms with van der Waals surface area (Å²) >= 11 is 0. The van der Waals surface area contributed by atoms with Crippen molar-refractivity contribution in [2.24, 2.45) is 11.7 Å². The molecule has 2 aliphatic rings. The summed E-state index contributed by atoms with van der Waals surface area (Å²) in [5, 5.41) is 6.84. The Labute approximate surface area is 121 Å². The molecule has 0 amide bonds. The second-order valence-electron chi connectivity index (χ2n) is 5.73. The average molecular weight is 273 g/mol. The highest BCUT2D eigenvalue weighted by Crippen LogP contribution is 2.29. The molecule has 1 aromatic rings. The molecule has 2 unspecified atom stereocenters. The van der Waals surface area contributed by atoms with Gasteiger partial charge in [0.2, 0.25) is 0 Å². The van der Waals surface area contributed by atoms with E-state index in [2.05, 4.69) is 46.2 Å². The zero-order valence-electron chi connectivity index (χ0n) is 12.0. The number of hydrogen-bond donors (Lipinski definition) is 3. The van der Waals surface area contributed by atoms with Crippen molar-refractivity contribution < 1.29 is 0 Å². The van der Waals surface area contributed by atoms with E-state index < -0.39 is 0 Å². The number of hydrogen-bond acceptors (Lipinski definition) is 4. The van der Waals surface area contributed by atoms with E-state index >= 15 is 0 Å². The minimum absolute atomic E-state index is 0.501. The second kappa shape index (κ2) is 6.57.